The maximum Gasteiger partial charge on any atom is 0.0121 e. The molecule has 0 saturated heterocycles. The normalized spacial score (nSPS) is 19.2. The molecule has 0 saturated carbocycles. The van der Waals surface area contributed by atoms with Gasteiger partial charge in [0.15, 0.2) is 0 Å². The van der Waals surface area contributed by atoms with Crippen LogP contribution >= 0.6 is 0 Å². The van der Waals surface area contributed by atoms with Crippen LogP contribution in [0, 0.1) is 5.41 Å². The van der Waals surface area contributed by atoms with Crippen LogP contribution in [0.25, 0.3) is 0 Å². The fourth-order valence-electron chi connectivity index (χ4n) is 1.41. The quantitative estimate of drug-likeness (QED) is 0.566. The molecule has 1 rings (SSSR count). The molecular weight excluding hydrogens is 134 g/mol. The van der Waals surface area contributed by atoms with E-state index in [0.717, 1.165) is 18.5 Å². The van der Waals surface area contributed by atoms with Crippen molar-refractivity contribution in [1.29, 1.82) is 0 Å². The molecule has 0 unspecified atom stereocenters. The molecule has 1 heteroatoms. The van der Waals surface area contributed by atoms with Gasteiger partial charge in [0, 0.05) is 5.70 Å². The lowest BCUT2D eigenvalue weighted by Crippen LogP contribution is -2.16. The number of hydrogen-bond donors (Lipinski definition) is 1. The van der Waals surface area contributed by atoms with Crippen molar-refractivity contribution >= 4 is 0 Å². The van der Waals surface area contributed by atoms with Crippen molar-refractivity contribution in [2.75, 3.05) is 0 Å². The summed E-state index contributed by atoms with van der Waals surface area (Å²) in [6.07, 6.45) is 6.50. The van der Waals surface area contributed by atoms with Gasteiger partial charge in [-0.15, -0.1) is 0 Å². The molecule has 0 amide bonds. The number of allylic oxidation sites excluding steroid dienone is 4. The largest absolute Gasteiger partial charge is 0.402 e. The maximum atomic E-state index is 5.89. The van der Waals surface area contributed by atoms with Crippen molar-refractivity contribution in [2.24, 2.45) is 11.1 Å². The zero-order valence-electron chi connectivity index (χ0n) is 7.65. The molecule has 2 N–H and O–H groups in total. The summed E-state index contributed by atoms with van der Waals surface area (Å²) in [6, 6.07) is 0. The van der Waals surface area contributed by atoms with E-state index in [0.29, 0.717) is 0 Å². The molecule has 0 bridgehead atoms. The second-order valence-corrected chi connectivity index (χ2v) is 4.13. The highest BCUT2D eigenvalue weighted by atomic mass is 14.6. The molecule has 1 aliphatic carbocycles. The van der Waals surface area contributed by atoms with E-state index in [2.05, 4.69) is 32.9 Å². The van der Waals surface area contributed by atoms with Gasteiger partial charge < -0.3 is 5.73 Å². The summed E-state index contributed by atoms with van der Waals surface area (Å²) in [7, 11) is 0. The molecule has 0 radical (unpaired) electrons. The average molecular weight is 151 g/mol. The first-order chi connectivity index (χ1) is 5.02. The van der Waals surface area contributed by atoms with Gasteiger partial charge in [0.1, 0.15) is 0 Å². The molecule has 0 heterocycles. The highest BCUT2D eigenvalue weighted by molar-refractivity contribution is 5.32. The highest BCUT2D eigenvalue weighted by Crippen LogP contribution is 2.31. The molecule has 0 fully saturated rings. The summed E-state index contributed by atoms with van der Waals surface area (Å²) in [5.74, 6) is 0. The van der Waals surface area contributed by atoms with Crippen molar-refractivity contribution in [3.63, 3.8) is 0 Å². The first-order valence-electron chi connectivity index (χ1n) is 4.17. The van der Waals surface area contributed by atoms with Crippen LogP contribution < -0.4 is 5.73 Å². The van der Waals surface area contributed by atoms with Crippen LogP contribution in [-0.2, 0) is 0 Å². The minimum absolute atomic E-state index is 0.209. The zero-order valence-corrected chi connectivity index (χ0v) is 7.65. The minimum Gasteiger partial charge on any atom is -0.402 e. The Bertz CT molecular complexity index is 203. The fourth-order valence-corrected chi connectivity index (χ4v) is 1.41. The summed E-state index contributed by atoms with van der Waals surface area (Å²) in [5.41, 5.74) is 8.48. The second kappa shape index (κ2) is 2.72. The van der Waals surface area contributed by atoms with Gasteiger partial charge in [0.2, 0.25) is 0 Å². The highest BCUT2D eigenvalue weighted by Gasteiger charge is 2.18. The summed E-state index contributed by atoms with van der Waals surface area (Å²) < 4.78 is 0. The number of rotatable bonds is 0. The molecule has 0 aliphatic heterocycles. The second-order valence-electron chi connectivity index (χ2n) is 4.13. The van der Waals surface area contributed by atoms with Crippen molar-refractivity contribution < 1.29 is 0 Å². The SMILES string of the molecule is CC(C)(C)C1=C(N)CCC=C1. The van der Waals surface area contributed by atoms with Crippen LogP contribution in [0.4, 0.5) is 0 Å². The minimum atomic E-state index is 0.209. The Kier molecular flexibility index (Phi) is 2.08. The van der Waals surface area contributed by atoms with Crippen LogP contribution in [0.5, 0.6) is 0 Å². The lowest BCUT2D eigenvalue weighted by Gasteiger charge is -2.24. The van der Waals surface area contributed by atoms with Crippen molar-refractivity contribution in [2.45, 2.75) is 33.6 Å². The molecule has 1 nitrogen and oxygen atoms in total. The predicted octanol–water partition coefficient (Wildman–Crippen LogP) is 2.60. The Morgan fingerprint density at radius 2 is 2.00 bits per heavy atom. The molecule has 62 valence electrons. The van der Waals surface area contributed by atoms with E-state index in [1.807, 2.05) is 0 Å². The third-order valence-electron chi connectivity index (χ3n) is 2.02. The van der Waals surface area contributed by atoms with E-state index in [9.17, 15) is 0 Å². The smallest absolute Gasteiger partial charge is 0.0121 e. The summed E-state index contributed by atoms with van der Waals surface area (Å²) in [5, 5.41) is 0. The first kappa shape index (κ1) is 8.38. The van der Waals surface area contributed by atoms with Gasteiger partial charge in [-0.1, -0.05) is 32.9 Å². The maximum absolute atomic E-state index is 5.89. The molecule has 0 aromatic rings. The molecule has 0 spiro atoms. The molecular formula is C10H17N. The van der Waals surface area contributed by atoms with Crippen LogP contribution in [0.2, 0.25) is 0 Å². The van der Waals surface area contributed by atoms with Crippen molar-refractivity contribution in [1.82, 2.24) is 0 Å². The zero-order chi connectivity index (χ0) is 8.48. The van der Waals surface area contributed by atoms with Gasteiger partial charge >= 0.3 is 0 Å². The van der Waals surface area contributed by atoms with Crippen molar-refractivity contribution in [3.05, 3.63) is 23.4 Å². The number of hydrogen-bond acceptors (Lipinski definition) is 1. The standard InChI is InChI=1S/C10H17N/c1-10(2,3)8-6-4-5-7-9(8)11/h4,6H,5,7,11H2,1-3H3. The lowest BCUT2D eigenvalue weighted by molar-refractivity contribution is 0.505. The Labute approximate surface area is 69.0 Å². The van der Waals surface area contributed by atoms with E-state index in [1.165, 1.54) is 5.57 Å². The fraction of sp³-hybridized carbons (Fsp3) is 0.600. The van der Waals surface area contributed by atoms with Gasteiger partial charge in [-0.05, 0) is 23.8 Å². The lowest BCUT2D eigenvalue weighted by atomic mass is 9.82. The Morgan fingerprint density at radius 3 is 2.36 bits per heavy atom. The van der Waals surface area contributed by atoms with E-state index in [1.54, 1.807) is 0 Å². The van der Waals surface area contributed by atoms with Gasteiger partial charge in [-0.3, -0.25) is 0 Å². The van der Waals surface area contributed by atoms with E-state index in [-0.39, 0.29) is 5.41 Å². The van der Waals surface area contributed by atoms with Crippen LogP contribution in [0.3, 0.4) is 0 Å². The average Bonchev–Trinajstić information content (AvgIpc) is 1.86. The van der Waals surface area contributed by atoms with E-state index < -0.39 is 0 Å². The monoisotopic (exact) mass is 151 g/mol. The summed E-state index contributed by atoms with van der Waals surface area (Å²) in [6.45, 7) is 6.60. The van der Waals surface area contributed by atoms with E-state index in [4.69, 9.17) is 5.73 Å². The predicted molar refractivity (Wildman–Crippen MR) is 49.0 cm³/mol. The molecule has 1 aliphatic rings. The third-order valence-corrected chi connectivity index (χ3v) is 2.02. The van der Waals surface area contributed by atoms with Crippen LogP contribution in [0.15, 0.2) is 23.4 Å². The molecule has 11 heavy (non-hydrogen) atoms. The van der Waals surface area contributed by atoms with Gasteiger partial charge in [0.05, 0.1) is 0 Å². The van der Waals surface area contributed by atoms with Crippen molar-refractivity contribution in [3.8, 4) is 0 Å². The van der Waals surface area contributed by atoms with Crippen LogP contribution in [0.1, 0.15) is 33.6 Å². The summed E-state index contributed by atoms with van der Waals surface area (Å²) >= 11 is 0. The van der Waals surface area contributed by atoms with E-state index >= 15 is 0 Å². The molecule has 0 atom stereocenters. The Morgan fingerprint density at radius 1 is 1.36 bits per heavy atom. The van der Waals surface area contributed by atoms with Gasteiger partial charge in [-0.25, -0.2) is 0 Å². The first-order valence-corrected chi connectivity index (χ1v) is 4.17. The Hall–Kier alpha value is -0.720. The van der Waals surface area contributed by atoms with Gasteiger partial charge in [0.25, 0.3) is 0 Å². The molecule has 0 aromatic carbocycles. The molecule has 0 aromatic heterocycles. The number of nitrogens with two attached hydrogens (primary N) is 1. The van der Waals surface area contributed by atoms with Crippen LogP contribution in [-0.4, -0.2) is 0 Å². The summed E-state index contributed by atoms with van der Waals surface area (Å²) in [4.78, 5) is 0. The van der Waals surface area contributed by atoms with Gasteiger partial charge in [-0.2, -0.15) is 0 Å². The topological polar surface area (TPSA) is 26.0 Å². The third kappa shape index (κ3) is 1.86. The Balaban J connectivity index is 2.93.